The topological polar surface area (TPSA) is 40.2 Å². The molecule has 5 heteroatoms. The smallest absolute Gasteiger partial charge is 0.170 e. The fraction of sp³-hybridized carbons (Fsp3) is 0.429. The summed E-state index contributed by atoms with van der Waals surface area (Å²) in [5, 5.41) is 7.14. The summed E-state index contributed by atoms with van der Waals surface area (Å²) in [6.45, 7) is 4.24. The Bertz CT molecular complexity index is 687. The van der Waals surface area contributed by atoms with Crippen molar-refractivity contribution < 1.29 is 0 Å². The molecule has 2 N–H and O–H groups in total. The molecule has 138 valence electrons. The zero-order valence-electron chi connectivity index (χ0n) is 15.4. The summed E-state index contributed by atoms with van der Waals surface area (Å²) in [5.41, 5.74) is 2.29. The van der Waals surface area contributed by atoms with E-state index in [1.54, 1.807) is 0 Å². The van der Waals surface area contributed by atoms with Crippen LogP contribution in [0.2, 0.25) is 0 Å². The lowest BCUT2D eigenvalue weighted by Crippen LogP contribution is -2.37. The van der Waals surface area contributed by atoms with Gasteiger partial charge in [-0.3, -0.25) is 0 Å². The van der Waals surface area contributed by atoms with Gasteiger partial charge in [-0.2, -0.15) is 0 Å². The van der Waals surface area contributed by atoms with E-state index < -0.39 is 0 Å². The van der Waals surface area contributed by atoms with E-state index in [-0.39, 0.29) is 0 Å². The van der Waals surface area contributed by atoms with E-state index in [0.717, 1.165) is 37.4 Å². The summed E-state index contributed by atoms with van der Waals surface area (Å²) < 4.78 is 0. The molecule has 0 saturated carbocycles. The van der Waals surface area contributed by atoms with Gasteiger partial charge in [-0.15, -0.1) is 0 Å². The van der Waals surface area contributed by atoms with Crippen LogP contribution in [0.25, 0.3) is 0 Å². The molecule has 0 radical (unpaired) electrons. The van der Waals surface area contributed by atoms with E-state index in [4.69, 9.17) is 12.2 Å². The number of anilines is 2. The number of hydrogen-bond donors (Lipinski definition) is 2. The number of hydrogen-bond acceptors (Lipinski definition) is 3. The highest BCUT2D eigenvalue weighted by atomic mass is 32.1. The van der Waals surface area contributed by atoms with E-state index >= 15 is 0 Å². The molecule has 2 aromatic rings. The predicted molar refractivity (Wildman–Crippen MR) is 114 cm³/mol. The first-order valence-electron chi connectivity index (χ1n) is 9.54. The molecule has 1 aromatic heterocycles. The number of pyridine rings is 1. The van der Waals surface area contributed by atoms with Crippen LogP contribution in [0.3, 0.4) is 0 Å². The summed E-state index contributed by atoms with van der Waals surface area (Å²) in [6, 6.07) is 15.2. The van der Waals surface area contributed by atoms with E-state index in [1.165, 1.54) is 24.8 Å². The van der Waals surface area contributed by atoms with Crippen LogP contribution in [0.4, 0.5) is 11.5 Å². The van der Waals surface area contributed by atoms with Gasteiger partial charge in [0.15, 0.2) is 5.11 Å². The molecule has 4 nitrogen and oxygen atoms in total. The van der Waals surface area contributed by atoms with Crippen LogP contribution in [0.1, 0.15) is 38.2 Å². The van der Waals surface area contributed by atoms with Gasteiger partial charge >= 0.3 is 0 Å². The van der Waals surface area contributed by atoms with Crippen molar-refractivity contribution in [3.63, 3.8) is 0 Å². The molecule has 1 atom stereocenters. The summed E-state index contributed by atoms with van der Waals surface area (Å²) in [7, 11) is 0. The Balaban J connectivity index is 1.41. The molecule has 0 amide bonds. The van der Waals surface area contributed by atoms with Gasteiger partial charge in [0.1, 0.15) is 5.82 Å². The number of thiocarbonyl (C=S) groups is 1. The highest BCUT2D eigenvalue weighted by Gasteiger charge is 2.19. The molecule has 0 aliphatic carbocycles. The first-order chi connectivity index (χ1) is 12.7. The van der Waals surface area contributed by atoms with E-state index in [1.807, 2.05) is 12.3 Å². The molecule has 0 spiro atoms. The second kappa shape index (κ2) is 9.53. The normalized spacial score (nSPS) is 17.0. The Labute approximate surface area is 162 Å². The van der Waals surface area contributed by atoms with Crippen LogP contribution in [0.15, 0.2) is 48.7 Å². The second-order valence-electron chi connectivity index (χ2n) is 6.91. The SMILES string of the molecule is CC1CCCCN1c1ccc(NC(=S)NCCCc2ccccc2)cn1. The van der Waals surface area contributed by atoms with Gasteiger partial charge in [-0.1, -0.05) is 30.3 Å². The molecule has 3 rings (SSSR count). The number of aryl methyl sites for hydroxylation is 1. The van der Waals surface area contributed by atoms with Crippen molar-refractivity contribution in [2.75, 3.05) is 23.3 Å². The Morgan fingerprint density at radius 1 is 1.19 bits per heavy atom. The maximum atomic E-state index is 5.38. The molecule has 1 aromatic carbocycles. The Hall–Kier alpha value is -2.14. The molecular weight excluding hydrogens is 340 g/mol. The molecule has 0 bridgehead atoms. The zero-order chi connectivity index (χ0) is 18.2. The minimum atomic E-state index is 0.572. The van der Waals surface area contributed by atoms with Crippen molar-refractivity contribution in [1.29, 1.82) is 0 Å². The monoisotopic (exact) mass is 368 g/mol. The van der Waals surface area contributed by atoms with Crippen molar-refractivity contribution in [2.24, 2.45) is 0 Å². The lowest BCUT2D eigenvalue weighted by molar-refractivity contribution is 0.481. The maximum Gasteiger partial charge on any atom is 0.170 e. The standard InChI is InChI=1S/C21H28N4S/c1-17-8-5-6-15-25(17)20-13-12-19(16-23-20)24-21(26)22-14-7-11-18-9-3-2-4-10-18/h2-4,9-10,12-13,16-17H,5-8,11,14-15H2,1H3,(H2,22,24,26). The predicted octanol–water partition coefficient (Wildman–Crippen LogP) is 4.38. The minimum absolute atomic E-state index is 0.572. The van der Waals surface area contributed by atoms with Gasteiger partial charge in [-0.05, 0) is 68.9 Å². The largest absolute Gasteiger partial charge is 0.362 e. The maximum absolute atomic E-state index is 5.38. The number of nitrogens with one attached hydrogen (secondary N) is 2. The summed E-state index contributed by atoms with van der Waals surface area (Å²) in [5.74, 6) is 1.06. The van der Waals surface area contributed by atoms with Gasteiger partial charge in [0.2, 0.25) is 0 Å². The molecule has 1 aliphatic heterocycles. The van der Waals surface area contributed by atoms with Gasteiger partial charge in [0.05, 0.1) is 11.9 Å². The Morgan fingerprint density at radius 3 is 2.77 bits per heavy atom. The van der Waals surface area contributed by atoms with Gasteiger partial charge in [0.25, 0.3) is 0 Å². The summed E-state index contributed by atoms with van der Waals surface area (Å²) in [6.07, 6.45) is 7.80. The quantitative estimate of drug-likeness (QED) is 0.585. The fourth-order valence-corrected chi connectivity index (χ4v) is 3.60. The number of piperidine rings is 1. The van der Waals surface area contributed by atoms with Crippen LogP contribution in [0, 0.1) is 0 Å². The molecular formula is C21H28N4S. The lowest BCUT2D eigenvalue weighted by atomic mass is 10.0. The second-order valence-corrected chi connectivity index (χ2v) is 7.32. The molecule has 26 heavy (non-hydrogen) atoms. The van der Waals surface area contributed by atoms with Crippen molar-refractivity contribution in [2.45, 2.75) is 45.1 Å². The van der Waals surface area contributed by atoms with Crippen LogP contribution in [-0.2, 0) is 6.42 Å². The van der Waals surface area contributed by atoms with Crippen molar-refractivity contribution in [3.05, 3.63) is 54.2 Å². The van der Waals surface area contributed by atoms with Crippen LogP contribution in [-0.4, -0.2) is 29.2 Å². The zero-order valence-corrected chi connectivity index (χ0v) is 16.3. The summed E-state index contributed by atoms with van der Waals surface area (Å²) in [4.78, 5) is 7.01. The molecule has 1 aliphatic rings. The average molecular weight is 369 g/mol. The first kappa shape index (κ1) is 18.6. The average Bonchev–Trinajstić information content (AvgIpc) is 2.67. The third-order valence-electron chi connectivity index (χ3n) is 4.87. The number of aromatic nitrogens is 1. The van der Waals surface area contributed by atoms with E-state index in [9.17, 15) is 0 Å². The number of benzene rings is 1. The number of rotatable bonds is 6. The van der Waals surface area contributed by atoms with Gasteiger partial charge in [0, 0.05) is 19.1 Å². The molecule has 1 fully saturated rings. The van der Waals surface area contributed by atoms with Gasteiger partial charge in [-0.25, -0.2) is 4.98 Å². The van der Waals surface area contributed by atoms with E-state index in [0.29, 0.717) is 11.2 Å². The molecule has 1 unspecified atom stereocenters. The minimum Gasteiger partial charge on any atom is -0.362 e. The fourth-order valence-electron chi connectivity index (χ4n) is 3.38. The molecule has 1 saturated heterocycles. The van der Waals surface area contributed by atoms with Crippen LogP contribution >= 0.6 is 12.2 Å². The first-order valence-corrected chi connectivity index (χ1v) is 9.94. The number of nitrogens with zero attached hydrogens (tertiary/aromatic N) is 2. The Kier molecular flexibility index (Phi) is 6.83. The lowest BCUT2D eigenvalue weighted by Gasteiger charge is -2.34. The summed E-state index contributed by atoms with van der Waals surface area (Å²) >= 11 is 5.38. The van der Waals surface area contributed by atoms with Gasteiger partial charge < -0.3 is 15.5 Å². The van der Waals surface area contributed by atoms with Crippen molar-refractivity contribution >= 4 is 28.8 Å². The third-order valence-corrected chi connectivity index (χ3v) is 5.12. The van der Waals surface area contributed by atoms with Crippen LogP contribution in [0.5, 0.6) is 0 Å². The van der Waals surface area contributed by atoms with Crippen molar-refractivity contribution in [1.82, 2.24) is 10.3 Å². The third kappa shape index (κ3) is 5.43. The van der Waals surface area contributed by atoms with Crippen molar-refractivity contribution in [3.8, 4) is 0 Å². The molecule has 2 heterocycles. The highest BCUT2D eigenvalue weighted by Crippen LogP contribution is 2.23. The Morgan fingerprint density at radius 2 is 2.04 bits per heavy atom. The van der Waals surface area contributed by atoms with E-state index in [2.05, 4.69) is 63.8 Å². The van der Waals surface area contributed by atoms with Crippen LogP contribution < -0.4 is 15.5 Å². The highest BCUT2D eigenvalue weighted by molar-refractivity contribution is 7.80.